The lowest BCUT2D eigenvalue weighted by molar-refractivity contribution is -0.119. The van der Waals surface area contributed by atoms with Gasteiger partial charge in [0.15, 0.2) is 0 Å². The Morgan fingerprint density at radius 2 is 1.91 bits per heavy atom. The van der Waals surface area contributed by atoms with Crippen LogP contribution in [-0.2, 0) is 11.3 Å². The van der Waals surface area contributed by atoms with Gasteiger partial charge in [-0.3, -0.25) is 9.59 Å². The summed E-state index contributed by atoms with van der Waals surface area (Å²) >= 11 is 7.38. The Morgan fingerprint density at radius 1 is 1.19 bits per heavy atom. The number of rotatable bonds is 7. The summed E-state index contributed by atoms with van der Waals surface area (Å²) in [5.74, 6) is -0.389. The maximum atomic E-state index is 12.4. The number of halogens is 1. The normalized spacial score (nSPS) is 12.1. The second-order valence-corrected chi connectivity index (χ2v) is 9.10. The number of aromatic nitrogens is 2. The maximum absolute atomic E-state index is 12.4. The van der Waals surface area contributed by atoms with Crippen LogP contribution in [0.5, 0.6) is 0 Å². The van der Waals surface area contributed by atoms with Crippen LogP contribution in [0, 0.1) is 5.92 Å². The summed E-state index contributed by atoms with van der Waals surface area (Å²) in [6.45, 7) is 2.34. The number of fused-ring (bicyclic) bond motifs is 1. The molecule has 0 spiro atoms. The molecular formula is C24H22ClN3O3S. The highest BCUT2D eigenvalue weighted by Gasteiger charge is 2.14. The molecule has 1 atom stereocenters. The lowest BCUT2D eigenvalue weighted by atomic mass is 10.1. The second kappa shape index (κ2) is 9.65. The van der Waals surface area contributed by atoms with Crippen molar-refractivity contribution in [2.24, 2.45) is 5.92 Å². The lowest BCUT2D eigenvalue weighted by Gasteiger charge is -2.11. The van der Waals surface area contributed by atoms with Crippen LogP contribution >= 0.6 is 22.9 Å². The molecular weight excluding hydrogens is 446 g/mol. The fourth-order valence-electron chi connectivity index (χ4n) is 3.35. The van der Waals surface area contributed by atoms with Crippen molar-refractivity contribution >= 4 is 44.7 Å². The average Bonchev–Trinajstić information content (AvgIpc) is 3.24. The van der Waals surface area contributed by atoms with Gasteiger partial charge in [-0.15, -0.1) is 11.3 Å². The van der Waals surface area contributed by atoms with Crippen LogP contribution in [-0.4, -0.2) is 27.2 Å². The summed E-state index contributed by atoms with van der Waals surface area (Å²) in [7, 11) is 0. The average molecular weight is 468 g/mol. The van der Waals surface area contributed by atoms with Crippen LogP contribution in [0.25, 0.3) is 20.7 Å². The van der Waals surface area contributed by atoms with E-state index in [4.69, 9.17) is 16.7 Å². The molecule has 0 radical (unpaired) electrons. The third-order valence-electron chi connectivity index (χ3n) is 5.24. The van der Waals surface area contributed by atoms with Crippen molar-refractivity contribution in [2.75, 3.05) is 11.9 Å². The Bertz CT molecular complexity index is 1300. The zero-order valence-electron chi connectivity index (χ0n) is 17.4. The number of nitrogens with zero attached hydrogens (tertiary/aromatic N) is 2. The first-order valence-corrected chi connectivity index (χ1v) is 11.4. The van der Waals surface area contributed by atoms with Gasteiger partial charge in [-0.1, -0.05) is 42.8 Å². The van der Waals surface area contributed by atoms with Crippen LogP contribution in [0.15, 0.2) is 65.7 Å². The lowest BCUT2D eigenvalue weighted by Crippen LogP contribution is -2.21. The van der Waals surface area contributed by atoms with Crippen molar-refractivity contribution in [3.8, 4) is 10.4 Å². The van der Waals surface area contributed by atoms with Gasteiger partial charge in [0.25, 0.3) is 5.56 Å². The molecule has 0 saturated carbocycles. The molecule has 0 aliphatic carbocycles. The molecule has 2 heterocycles. The van der Waals surface area contributed by atoms with Gasteiger partial charge in [-0.25, -0.2) is 0 Å². The molecule has 6 nitrogen and oxygen atoms in total. The van der Waals surface area contributed by atoms with Gasteiger partial charge in [-0.05, 0) is 47.9 Å². The van der Waals surface area contributed by atoms with E-state index in [1.807, 2.05) is 59.2 Å². The van der Waals surface area contributed by atoms with Crippen molar-refractivity contribution in [3.05, 3.63) is 81.9 Å². The zero-order valence-corrected chi connectivity index (χ0v) is 19.0. The monoisotopic (exact) mass is 467 g/mol. The van der Waals surface area contributed by atoms with Gasteiger partial charge in [0.1, 0.15) is 4.70 Å². The molecule has 1 amide bonds. The number of thiophene rings is 1. The second-order valence-electron chi connectivity index (χ2n) is 7.61. The van der Waals surface area contributed by atoms with Gasteiger partial charge in [0.2, 0.25) is 5.91 Å². The van der Waals surface area contributed by atoms with E-state index in [1.54, 1.807) is 13.3 Å². The molecule has 0 fully saturated rings. The molecule has 4 rings (SSSR count). The summed E-state index contributed by atoms with van der Waals surface area (Å²) < 4.78 is 2.56. The number of hydrogen-bond donors (Lipinski definition) is 2. The highest BCUT2D eigenvalue weighted by Crippen LogP contribution is 2.32. The fourth-order valence-corrected chi connectivity index (χ4v) is 4.54. The molecule has 8 heteroatoms. The van der Waals surface area contributed by atoms with Crippen LogP contribution in [0.1, 0.15) is 18.9 Å². The third-order valence-corrected chi connectivity index (χ3v) is 6.66. The predicted octanol–water partition coefficient (Wildman–Crippen LogP) is 4.78. The minimum atomic E-state index is -0.263. The summed E-state index contributed by atoms with van der Waals surface area (Å²) in [6.07, 6.45) is 2.00. The predicted molar refractivity (Wildman–Crippen MR) is 129 cm³/mol. The van der Waals surface area contributed by atoms with Crippen molar-refractivity contribution in [1.82, 2.24) is 9.55 Å². The fraction of sp³-hybridized carbons (Fsp3) is 0.208. The van der Waals surface area contributed by atoms with Crippen molar-refractivity contribution in [2.45, 2.75) is 19.9 Å². The van der Waals surface area contributed by atoms with Gasteiger partial charge in [0, 0.05) is 34.7 Å². The maximum Gasteiger partial charge on any atom is 0.290 e. The van der Waals surface area contributed by atoms with Gasteiger partial charge in [-0.2, -0.15) is 4.98 Å². The standard InChI is InChI=1S/C24H22ClN3O3S/c1-15(10-11-29)23(30)27-19-8-4-17(5-9-19)21-12-20-22(32-21)24(31)26-14-28(20)13-16-2-6-18(25)7-3-16/h2-9,12,14-15,29H,10-11,13H2,1H3,(H,27,30). The summed E-state index contributed by atoms with van der Waals surface area (Å²) in [5.41, 5.74) is 3.28. The first-order chi connectivity index (χ1) is 15.4. The molecule has 4 aromatic rings. The minimum Gasteiger partial charge on any atom is -0.396 e. The van der Waals surface area contributed by atoms with Crippen LogP contribution in [0.3, 0.4) is 0 Å². The molecule has 0 bridgehead atoms. The van der Waals surface area contributed by atoms with Gasteiger partial charge in [0.05, 0.1) is 11.8 Å². The Morgan fingerprint density at radius 3 is 2.59 bits per heavy atom. The van der Waals surface area contributed by atoms with Crippen molar-refractivity contribution < 1.29 is 9.90 Å². The number of benzene rings is 2. The largest absolute Gasteiger partial charge is 0.396 e. The van der Waals surface area contributed by atoms with Gasteiger partial charge < -0.3 is 15.0 Å². The topological polar surface area (TPSA) is 84.2 Å². The summed E-state index contributed by atoms with van der Waals surface area (Å²) in [4.78, 5) is 29.5. The smallest absolute Gasteiger partial charge is 0.290 e. The molecule has 0 saturated heterocycles. The van der Waals surface area contributed by atoms with E-state index in [-0.39, 0.29) is 24.0 Å². The highest BCUT2D eigenvalue weighted by atomic mass is 35.5. The molecule has 0 aliphatic rings. The number of nitrogens with one attached hydrogen (secondary N) is 1. The first-order valence-electron chi connectivity index (χ1n) is 10.2. The number of anilines is 1. The highest BCUT2D eigenvalue weighted by molar-refractivity contribution is 7.22. The van der Waals surface area contributed by atoms with E-state index >= 15 is 0 Å². The molecule has 32 heavy (non-hydrogen) atoms. The Balaban J connectivity index is 1.59. The van der Waals surface area contributed by atoms with Crippen molar-refractivity contribution in [3.63, 3.8) is 0 Å². The zero-order chi connectivity index (χ0) is 22.7. The number of carbonyl (C=O) groups is 1. The first kappa shape index (κ1) is 22.2. The van der Waals surface area contributed by atoms with Gasteiger partial charge >= 0.3 is 0 Å². The SMILES string of the molecule is CC(CCO)C(=O)Nc1ccc(-c2cc3c(s2)c(=O)ncn3Cc2ccc(Cl)cc2)cc1. The van der Waals surface area contributed by atoms with E-state index in [2.05, 4.69) is 10.3 Å². The van der Waals surface area contributed by atoms with E-state index < -0.39 is 0 Å². The van der Waals surface area contributed by atoms with Crippen LogP contribution in [0.4, 0.5) is 5.69 Å². The molecule has 1 unspecified atom stereocenters. The van der Waals surface area contributed by atoms with E-state index in [9.17, 15) is 9.59 Å². The summed E-state index contributed by atoms with van der Waals surface area (Å²) in [5, 5.41) is 12.5. The number of carbonyl (C=O) groups excluding carboxylic acids is 1. The third kappa shape index (κ3) is 4.91. The van der Waals surface area contributed by atoms with E-state index in [1.165, 1.54) is 11.3 Å². The quantitative estimate of drug-likeness (QED) is 0.409. The van der Waals surface area contributed by atoms with E-state index in [0.29, 0.717) is 28.4 Å². The van der Waals surface area contributed by atoms with Crippen molar-refractivity contribution in [1.29, 1.82) is 0 Å². The van der Waals surface area contributed by atoms with Crippen LogP contribution in [0.2, 0.25) is 5.02 Å². The Hall–Kier alpha value is -3.00. The molecule has 2 N–H and O–H groups in total. The Labute approximate surface area is 194 Å². The van der Waals surface area contributed by atoms with E-state index in [0.717, 1.165) is 21.5 Å². The molecule has 0 aliphatic heterocycles. The Kier molecular flexibility index (Phi) is 6.69. The number of hydrogen-bond acceptors (Lipinski definition) is 5. The molecule has 164 valence electrons. The number of amides is 1. The number of aliphatic hydroxyl groups excluding tert-OH is 1. The minimum absolute atomic E-state index is 0.0198. The molecule has 2 aromatic carbocycles. The molecule has 2 aromatic heterocycles. The van der Waals surface area contributed by atoms with Crippen LogP contribution < -0.4 is 10.9 Å². The number of aliphatic hydroxyl groups is 1. The summed E-state index contributed by atoms with van der Waals surface area (Å²) in [6, 6.07) is 17.1.